The first-order chi connectivity index (χ1) is 10.4. The number of nitriles is 1. The van der Waals surface area contributed by atoms with Gasteiger partial charge in [0.1, 0.15) is 22.6 Å². The molecule has 0 saturated carbocycles. The van der Waals surface area contributed by atoms with E-state index in [1.54, 1.807) is 6.07 Å². The second-order valence-corrected chi connectivity index (χ2v) is 6.40. The minimum absolute atomic E-state index is 0.0746. The lowest BCUT2D eigenvalue weighted by molar-refractivity contribution is 0.570. The van der Waals surface area contributed by atoms with E-state index in [9.17, 15) is 17.2 Å². The van der Waals surface area contributed by atoms with Crippen molar-refractivity contribution in [3.63, 3.8) is 0 Å². The Hall–Kier alpha value is -2.72. The van der Waals surface area contributed by atoms with E-state index in [1.807, 2.05) is 0 Å². The van der Waals surface area contributed by atoms with Crippen LogP contribution in [0.3, 0.4) is 0 Å². The number of hydrogen-bond acceptors (Lipinski definition) is 4. The van der Waals surface area contributed by atoms with Crippen LogP contribution in [0, 0.1) is 23.0 Å². The maximum Gasteiger partial charge on any atom is 0.223 e. The molecule has 2 aromatic carbocycles. The molecule has 7 heteroatoms. The third-order valence-corrected chi connectivity index (χ3v) is 4.94. The molecule has 1 aliphatic heterocycles. The quantitative estimate of drug-likeness (QED) is 0.810. The van der Waals surface area contributed by atoms with Crippen molar-refractivity contribution >= 4 is 21.2 Å². The number of sulfone groups is 1. The molecule has 4 nitrogen and oxygen atoms in total. The second kappa shape index (κ2) is 4.93. The van der Waals surface area contributed by atoms with Gasteiger partial charge in [0.05, 0.1) is 5.69 Å². The van der Waals surface area contributed by atoms with Crippen LogP contribution in [0.5, 0.6) is 0 Å². The summed E-state index contributed by atoms with van der Waals surface area (Å²) in [5.74, 6) is -1.40. The van der Waals surface area contributed by atoms with Crippen LogP contribution in [0.1, 0.15) is 0 Å². The molecule has 0 saturated heterocycles. The molecular weight excluding hydrogens is 310 g/mol. The van der Waals surface area contributed by atoms with Crippen LogP contribution in [0.4, 0.5) is 20.2 Å². The molecule has 22 heavy (non-hydrogen) atoms. The Bertz CT molecular complexity index is 929. The van der Waals surface area contributed by atoms with Gasteiger partial charge in [-0.15, -0.1) is 0 Å². The topological polar surface area (TPSA) is 61.2 Å². The van der Waals surface area contributed by atoms with Gasteiger partial charge >= 0.3 is 0 Å². The largest absolute Gasteiger partial charge is 0.314 e. The lowest BCUT2D eigenvalue weighted by Crippen LogP contribution is -2.22. The van der Waals surface area contributed by atoms with Crippen molar-refractivity contribution in [3.05, 3.63) is 65.2 Å². The highest BCUT2D eigenvalue weighted by atomic mass is 32.2. The Labute approximate surface area is 125 Å². The maximum atomic E-state index is 14.0. The number of fused-ring (bicyclic) bond motifs is 1. The minimum atomic E-state index is -4.20. The fraction of sp³-hybridized carbons (Fsp3) is 0. The number of halogens is 2. The van der Waals surface area contributed by atoms with Gasteiger partial charge in [-0.05, 0) is 36.4 Å². The molecule has 0 fully saturated rings. The van der Waals surface area contributed by atoms with Gasteiger partial charge in [0.15, 0.2) is 4.91 Å². The molecule has 0 aromatic heterocycles. The Kier molecular flexibility index (Phi) is 3.19. The zero-order valence-corrected chi connectivity index (χ0v) is 11.8. The second-order valence-electron chi connectivity index (χ2n) is 4.54. The molecule has 0 radical (unpaired) electrons. The minimum Gasteiger partial charge on any atom is -0.314 e. The highest BCUT2D eigenvalue weighted by Gasteiger charge is 2.34. The zero-order chi connectivity index (χ0) is 15.9. The van der Waals surface area contributed by atoms with Crippen molar-refractivity contribution in [2.45, 2.75) is 4.90 Å². The molecule has 2 aromatic rings. The number of rotatable bonds is 1. The van der Waals surface area contributed by atoms with Gasteiger partial charge in [0, 0.05) is 11.9 Å². The van der Waals surface area contributed by atoms with Crippen LogP contribution in [0.25, 0.3) is 0 Å². The lowest BCUT2D eigenvalue weighted by Gasteiger charge is -2.27. The van der Waals surface area contributed by atoms with E-state index in [2.05, 4.69) is 0 Å². The normalized spacial score (nSPS) is 15.7. The molecule has 0 unspecified atom stereocenters. The monoisotopic (exact) mass is 318 g/mol. The molecule has 0 bridgehead atoms. The van der Waals surface area contributed by atoms with Gasteiger partial charge in [-0.1, -0.05) is 6.07 Å². The Morgan fingerprint density at radius 3 is 2.36 bits per heavy atom. The number of anilines is 2. The van der Waals surface area contributed by atoms with E-state index >= 15 is 0 Å². The Morgan fingerprint density at radius 1 is 1.05 bits per heavy atom. The first-order valence-corrected chi connectivity index (χ1v) is 7.64. The maximum absolute atomic E-state index is 14.0. The summed E-state index contributed by atoms with van der Waals surface area (Å²) >= 11 is 0. The molecule has 0 atom stereocenters. The average molecular weight is 318 g/mol. The summed E-state index contributed by atoms with van der Waals surface area (Å²) < 4.78 is 51.6. The molecule has 0 N–H and O–H groups in total. The smallest absolute Gasteiger partial charge is 0.223 e. The number of hydrogen-bond donors (Lipinski definition) is 0. The molecule has 0 aliphatic carbocycles. The first-order valence-electron chi connectivity index (χ1n) is 6.15. The third-order valence-electron chi connectivity index (χ3n) is 3.23. The highest BCUT2D eigenvalue weighted by molar-refractivity contribution is 7.95. The lowest BCUT2D eigenvalue weighted by atomic mass is 10.2. The Balaban J connectivity index is 2.31. The van der Waals surface area contributed by atoms with Crippen LogP contribution in [-0.2, 0) is 9.84 Å². The predicted molar refractivity (Wildman–Crippen MR) is 75.8 cm³/mol. The molecule has 1 heterocycles. The first kappa shape index (κ1) is 14.2. The van der Waals surface area contributed by atoms with Crippen LogP contribution in [0.15, 0.2) is 58.5 Å². The van der Waals surface area contributed by atoms with Crippen LogP contribution < -0.4 is 4.90 Å². The van der Waals surface area contributed by atoms with Gasteiger partial charge < -0.3 is 4.90 Å². The van der Waals surface area contributed by atoms with E-state index in [-0.39, 0.29) is 5.69 Å². The van der Waals surface area contributed by atoms with E-state index < -0.39 is 31.3 Å². The SMILES string of the molecule is N#CC1=CN(c2ccc(F)cc2)c2cccc(F)c2S1(=O)=O. The number of nitrogens with zero attached hydrogens (tertiary/aromatic N) is 2. The Morgan fingerprint density at radius 2 is 1.73 bits per heavy atom. The van der Waals surface area contributed by atoms with Gasteiger partial charge in [-0.25, -0.2) is 17.2 Å². The highest BCUT2D eigenvalue weighted by Crippen LogP contribution is 2.40. The van der Waals surface area contributed by atoms with Crippen molar-refractivity contribution in [3.8, 4) is 6.07 Å². The standard InChI is InChI=1S/C15H8F2N2O2S/c16-10-4-6-11(7-5-10)19-9-12(8-18)22(20,21)15-13(17)2-1-3-14(15)19/h1-7,9H. The van der Waals surface area contributed by atoms with Gasteiger partial charge in [0.25, 0.3) is 0 Å². The van der Waals surface area contributed by atoms with Crippen LogP contribution in [-0.4, -0.2) is 8.42 Å². The van der Waals surface area contributed by atoms with E-state index in [1.165, 1.54) is 41.3 Å². The summed E-state index contributed by atoms with van der Waals surface area (Å²) in [7, 11) is -4.20. The molecular formula is C15H8F2N2O2S. The van der Waals surface area contributed by atoms with Crippen molar-refractivity contribution in [1.82, 2.24) is 0 Å². The summed E-state index contributed by atoms with van der Waals surface area (Å²) in [6, 6.07) is 10.6. The molecule has 0 amide bonds. The van der Waals surface area contributed by atoms with E-state index in [0.717, 1.165) is 12.3 Å². The summed E-state index contributed by atoms with van der Waals surface area (Å²) in [6.07, 6.45) is 1.10. The van der Waals surface area contributed by atoms with E-state index in [4.69, 9.17) is 5.26 Å². The van der Waals surface area contributed by atoms with Gasteiger partial charge in [-0.3, -0.25) is 0 Å². The van der Waals surface area contributed by atoms with Gasteiger partial charge in [0.2, 0.25) is 9.84 Å². The van der Waals surface area contributed by atoms with Crippen LogP contribution >= 0.6 is 0 Å². The predicted octanol–water partition coefficient (Wildman–Crippen LogP) is 3.26. The zero-order valence-electron chi connectivity index (χ0n) is 11.0. The number of benzene rings is 2. The molecule has 1 aliphatic rings. The third kappa shape index (κ3) is 2.05. The average Bonchev–Trinajstić information content (AvgIpc) is 2.48. The van der Waals surface area contributed by atoms with Crippen molar-refractivity contribution in [1.29, 1.82) is 5.26 Å². The fourth-order valence-corrected chi connectivity index (χ4v) is 3.57. The van der Waals surface area contributed by atoms with Crippen LogP contribution in [0.2, 0.25) is 0 Å². The summed E-state index contributed by atoms with van der Waals surface area (Å²) in [5, 5.41) is 9.05. The summed E-state index contributed by atoms with van der Waals surface area (Å²) in [4.78, 5) is 0.213. The van der Waals surface area contributed by atoms with E-state index in [0.29, 0.717) is 5.69 Å². The van der Waals surface area contributed by atoms with Gasteiger partial charge in [-0.2, -0.15) is 5.26 Å². The number of allylic oxidation sites excluding steroid dienone is 1. The fourth-order valence-electron chi connectivity index (χ4n) is 2.22. The van der Waals surface area contributed by atoms with Crippen molar-refractivity contribution in [2.75, 3.05) is 4.90 Å². The summed E-state index contributed by atoms with van der Waals surface area (Å²) in [5.41, 5.74) is 0.488. The summed E-state index contributed by atoms with van der Waals surface area (Å²) in [6.45, 7) is 0. The van der Waals surface area contributed by atoms with Crippen molar-refractivity contribution < 1.29 is 17.2 Å². The molecule has 110 valence electrons. The van der Waals surface area contributed by atoms with Crippen molar-refractivity contribution in [2.24, 2.45) is 0 Å². The molecule has 0 spiro atoms. The molecule has 3 rings (SSSR count).